The lowest BCUT2D eigenvalue weighted by Gasteiger charge is -2.02. The van der Waals surface area contributed by atoms with Gasteiger partial charge in [-0.25, -0.2) is 0 Å². The van der Waals surface area contributed by atoms with Crippen LogP contribution in [0.25, 0.3) is 0 Å². The zero-order valence-corrected chi connectivity index (χ0v) is 9.20. The van der Waals surface area contributed by atoms with Gasteiger partial charge in [-0.05, 0) is 17.7 Å². The average Bonchev–Trinajstić information content (AvgIpc) is 2.19. The summed E-state index contributed by atoms with van der Waals surface area (Å²) < 4.78 is 5.07. The third kappa shape index (κ3) is 3.92. The molecule has 0 aliphatic heterocycles. The zero-order chi connectivity index (χ0) is 9.52. The number of alkyl halides is 1. The summed E-state index contributed by atoms with van der Waals surface area (Å²) in [5.74, 6) is 3.66. The summed E-state index contributed by atoms with van der Waals surface area (Å²) in [6, 6.07) is 8.13. The highest BCUT2D eigenvalue weighted by Crippen LogP contribution is 2.16. The van der Waals surface area contributed by atoms with Crippen LogP contribution in [0.3, 0.4) is 0 Å². The molecule has 0 aliphatic rings. The molecular formula is C10H13ClOS. The molecule has 1 aromatic rings. The Balaban J connectivity index is 2.40. The first-order chi connectivity index (χ1) is 6.36. The van der Waals surface area contributed by atoms with Crippen molar-refractivity contribution in [3.05, 3.63) is 29.8 Å². The third-order valence-electron chi connectivity index (χ3n) is 1.65. The Morgan fingerprint density at radius 3 is 2.54 bits per heavy atom. The van der Waals surface area contributed by atoms with Crippen molar-refractivity contribution in [2.45, 2.75) is 5.75 Å². The van der Waals surface area contributed by atoms with Gasteiger partial charge in [-0.3, -0.25) is 0 Å². The molecule has 0 radical (unpaired) electrons. The van der Waals surface area contributed by atoms with Gasteiger partial charge in [0.25, 0.3) is 0 Å². The molecule has 0 amide bonds. The molecule has 1 nitrogen and oxygen atoms in total. The Morgan fingerprint density at radius 2 is 2.00 bits per heavy atom. The molecule has 13 heavy (non-hydrogen) atoms. The Kier molecular flexibility index (Phi) is 5.09. The first-order valence-corrected chi connectivity index (χ1v) is 5.82. The second-order valence-electron chi connectivity index (χ2n) is 2.59. The second kappa shape index (κ2) is 6.17. The minimum absolute atomic E-state index is 0.723. The summed E-state index contributed by atoms with van der Waals surface area (Å²) in [7, 11) is 1.68. The van der Waals surface area contributed by atoms with E-state index in [0.717, 1.165) is 23.1 Å². The number of ether oxygens (including phenoxy) is 1. The number of halogens is 1. The summed E-state index contributed by atoms with van der Waals surface area (Å²) in [5.41, 5.74) is 1.32. The van der Waals surface area contributed by atoms with Gasteiger partial charge < -0.3 is 4.74 Å². The van der Waals surface area contributed by atoms with E-state index >= 15 is 0 Å². The van der Waals surface area contributed by atoms with Crippen LogP contribution in [0.1, 0.15) is 5.56 Å². The molecule has 0 unspecified atom stereocenters. The third-order valence-corrected chi connectivity index (χ3v) is 3.09. The normalized spacial score (nSPS) is 10.0. The topological polar surface area (TPSA) is 9.23 Å². The lowest BCUT2D eigenvalue weighted by atomic mass is 10.2. The predicted molar refractivity (Wildman–Crippen MR) is 59.9 cm³/mol. The maximum Gasteiger partial charge on any atom is 0.118 e. The van der Waals surface area contributed by atoms with Gasteiger partial charge in [0.2, 0.25) is 0 Å². The van der Waals surface area contributed by atoms with Crippen LogP contribution in [0.2, 0.25) is 0 Å². The van der Waals surface area contributed by atoms with Crippen molar-refractivity contribution >= 4 is 23.4 Å². The first-order valence-electron chi connectivity index (χ1n) is 4.13. The summed E-state index contributed by atoms with van der Waals surface area (Å²) in [6.07, 6.45) is 0. The molecule has 1 aromatic carbocycles. The number of methoxy groups -OCH3 is 1. The van der Waals surface area contributed by atoms with E-state index in [2.05, 4.69) is 12.1 Å². The van der Waals surface area contributed by atoms with Crippen LogP contribution in [0, 0.1) is 0 Å². The maximum atomic E-state index is 5.57. The monoisotopic (exact) mass is 216 g/mol. The van der Waals surface area contributed by atoms with Gasteiger partial charge in [0.1, 0.15) is 5.75 Å². The molecule has 0 bridgehead atoms. The quantitative estimate of drug-likeness (QED) is 0.553. The van der Waals surface area contributed by atoms with Crippen molar-refractivity contribution in [3.8, 4) is 5.75 Å². The molecule has 0 atom stereocenters. The molecule has 0 saturated heterocycles. The minimum Gasteiger partial charge on any atom is -0.497 e. The van der Waals surface area contributed by atoms with Crippen molar-refractivity contribution in [1.82, 2.24) is 0 Å². The molecule has 3 heteroatoms. The standard InChI is InChI=1S/C10H13ClOS/c1-12-10-4-2-9(3-5-10)8-13-7-6-11/h2-5H,6-8H2,1H3. The van der Waals surface area contributed by atoms with Crippen LogP contribution in [0.4, 0.5) is 0 Å². The Labute approximate surface area is 88.4 Å². The van der Waals surface area contributed by atoms with E-state index in [9.17, 15) is 0 Å². The molecule has 0 heterocycles. The van der Waals surface area contributed by atoms with Gasteiger partial charge in [-0.1, -0.05) is 12.1 Å². The molecular weight excluding hydrogens is 204 g/mol. The number of thioether (sulfide) groups is 1. The minimum atomic E-state index is 0.723. The van der Waals surface area contributed by atoms with Gasteiger partial charge >= 0.3 is 0 Å². The molecule has 0 spiro atoms. The fourth-order valence-corrected chi connectivity index (χ4v) is 1.98. The highest BCUT2D eigenvalue weighted by Gasteiger charge is 1.94. The van der Waals surface area contributed by atoms with Crippen molar-refractivity contribution in [2.75, 3.05) is 18.7 Å². The fraction of sp³-hybridized carbons (Fsp3) is 0.400. The SMILES string of the molecule is COc1ccc(CSCCCl)cc1. The van der Waals surface area contributed by atoms with Crippen LogP contribution in [-0.4, -0.2) is 18.7 Å². The van der Waals surface area contributed by atoms with Crippen LogP contribution >= 0.6 is 23.4 Å². The summed E-state index contributed by atoms with van der Waals surface area (Å²) in [5, 5.41) is 0. The Morgan fingerprint density at radius 1 is 1.31 bits per heavy atom. The number of hydrogen-bond donors (Lipinski definition) is 0. The van der Waals surface area contributed by atoms with E-state index in [0.29, 0.717) is 0 Å². The van der Waals surface area contributed by atoms with E-state index in [1.807, 2.05) is 23.9 Å². The van der Waals surface area contributed by atoms with Gasteiger partial charge in [0.05, 0.1) is 7.11 Å². The molecule has 0 fully saturated rings. The average molecular weight is 217 g/mol. The van der Waals surface area contributed by atoms with E-state index in [1.165, 1.54) is 5.56 Å². The smallest absolute Gasteiger partial charge is 0.118 e. The van der Waals surface area contributed by atoms with Crippen LogP contribution in [0.15, 0.2) is 24.3 Å². The van der Waals surface area contributed by atoms with Gasteiger partial charge in [-0.2, -0.15) is 11.8 Å². The highest BCUT2D eigenvalue weighted by molar-refractivity contribution is 7.98. The summed E-state index contributed by atoms with van der Waals surface area (Å²) in [4.78, 5) is 0. The van der Waals surface area contributed by atoms with E-state index in [-0.39, 0.29) is 0 Å². The zero-order valence-electron chi connectivity index (χ0n) is 7.63. The summed E-state index contributed by atoms with van der Waals surface area (Å²) >= 11 is 7.42. The number of benzene rings is 1. The van der Waals surface area contributed by atoms with E-state index < -0.39 is 0 Å². The molecule has 0 aromatic heterocycles. The number of rotatable bonds is 5. The Hall–Kier alpha value is -0.340. The fourth-order valence-electron chi connectivity index (χ4n) is 0.966. The van der Waals surface area contributed by atoms with Crippen molar-refractivity contribution < 1.29 is 4.74 Å². The summed E-state index contributed by atoms with van der Waals surface area (Å²) in [6.45, 7) is 0. The van der Waals surface area contributed by atoms with Crippen LogP contribution < -0.4 is 4.74 Å². The molecule has 0 aliphatic carbocycles. The van der Waals surface area contributed by atoms with Gasteiger partial charge in [0, 0.05) is 17.4 Å². The molecule has 0 N–H and O–H groups in total. The van der Waals surface area contributed by atoms with Crippen LogP contribution in [0.5, 0.6) is 5.75 Å². The van der Waals surface area contributed by atoms with E-state index in [4.69, 9.17) is 16.3 Å². The molecule has 0 saturated carbocycles. The lowest BCUT2D eigenvalue weighted by molar-refractivity contribution is 0.414. The highest BCUT2D eigenvalue weighted by atomic mass is 35.5. The molecule has 1 rings (SSSR count). The van der Waals surface area contributed by atoms with Crippen molar-refractivity contribution in [3.63, 3.8) is 0 Å². The maximum absolute atomic E-state index is 5.57. The largest absolute Gasteiger partial charge is 0.497 e. The first kappa shape index (κ1) is 10.7. The van der Waals surface area contributed by atoms with E-state index in [1.54, 1.807) is 7.11 Å². The van der Waals surface area contributed by atoms with Crippen LogP contribution in [-0.2, 0) is 5.75 Å². The molecule has 72 valence electrons. The van der Waals surface area contributed by atoms with Gasteiger partial charge in [0.15, 0.2) is 0 Å². The predicted octanol–water partition coefficient (Wildman–Crippen LogP) is 3.17. The second-order valence-corrected chi connectivity index (χ2v) is 4.07. The van der Waals surface area contributed by atoms with Crippen molar-refractivity contribution in [2.24, 2.45) is 0 Å². The van der Waals surface area contributed by atoms with Crippen molar-refractivity contribution in [1.29, 1.82) is 0 Å². The van der Waals surface area contributed by atoms with Gasteiger partial charge in [-0.15, -0.1) is 11.6 Å². The lowest BCUT2D eigenvalue weighted by Crippen LogP contribution is -1.85. The Bertz CT molecular complexity index is 235. The number of hydrogen-bond acceptors (Lipinski definition) is 2.